The summed E-state index contributed by atoms with van der Waals surface area (Å²) in [6, 6.07) is 8.28. The molecule has 34 heavy (non-hydrogen) atoms. The zero-order chi connectivity index (χ0) is 23.8. The van der Waals surface area contributed by atoms with Crippen LogP contribution in [0.1, 0.15) is 25.3 Å². The minimum atomic E-state index is -0.759. The van der Waals surface area contributed by atoms with Gasteiger partial charge in [-0.25, -0.2) is 15.0 Å². The van der Waals surface area contributed by atoms with Crippen LogP contribution in [0.5, 0.6) is 0 Å². The molecule has 0 aliphatic carbocycles. The lowest BCUT2D eigenvalue weighted by atomic mass is 9.93. The van der Waals surface area contributed by atoms with Gasteiger partial charge in [0.15, 0.2) is 5.82 Å². The summed E-state index contributed by atoms with van der Waals surface area (Å²) < 4.78 is 11.6. The summed E-state index contributed by atoms with van der Waals surface area (Å²) in [5.74, 6) is 3.42. The lowest BCUT2D eigenvalue weighted by Crippen LogP contribution is -2.49. The van der Waals surface area contributed by atoms with Gasteiger partial charge in [-0.05, 0) is 35.1 Å². The van der Waals surface area contributed by atoms with Crippen molar-refractivity contribution in [3.63, 3.8) is 0 Å². The van der Waals surface area contributed by atoms with Crippen LogP contribution in [0, 0.1) is 5.92 Å². The predicted octanol–water partition coefficient (Wildman–Crippen LogP) is 4.75. The molecule has 4 aromatic rings. The van der Waals surface area contributed by atoms with Gasteiger partial charge in [0.25, 0.3) is 0 Å². The highest BCUT2D eigenvalue weighted by Gasteiger charge is 2.29. The van der Waals surface area contributed by atoms with Crippen LogP contribution in [0.25, 0.3) is 22.2 Å². The molecule has 8 nitrogen and oxygen atoms in total. The zero-order valence-corrected chi connectivity index (χ0v) is 20.8. The lowest BCUT2D eigenvalue weighted by molar-refractivity contribution is 0.452. The van der Waals surface area contributed by atoms with Gasteiger partial charge in [-0.3, -0.25) is 9.31 Å². The number of pyridine rings is 1. The molecule has 1 aliphatic rings. The Bertz CT molecular complexity index is 1370. The molecule has 0 radical (unpaired) electrons. The maximum Gasteiger partial charge on any atom is 0.166 e. The second kappa shape index (κ2) is 9.31. The van der Waals surface area contributed by atoms with E-state index >= 15 is 0 Å². The number of benzene rings is 1. The van der Waals surface area contributed by atoms with E-state index in [2.05, 4.69) is 62.4 Å². The van der Waals surface area contributed by atoms with E-state index in [-0.39, 0.29) is 0 Å². The van der Waals surface area contributed by atoms with E-state index in [4.69, 9.17) is 16.6 Å². The van der Waals surface area contributed by atoms with Crippen molar-refractivity contribution in [2.45, 2.75) is 19.8 Å². The third-order valence-corrected chi connectivity index (χ3v) is 7.28. The van der Waals surface area contributed by atoms with E-state index in [0.717, 1.165) is 24.2 Å². The predicted molar refractivity (Wildman–Crippen MR) is 138 cm³/mol. The highest BCUT2D eigenvalue weighted by molar-refractivity contribution is 7.84. The molecule has 176 valence electrons. The number of anilines is 3. The number of aromatic amines is 1. The van der Waals surface area contributed by atoms with E-state index in [1.165, 1.54) is 16.6 Å². The van der Waals surface area contributed by atoms with Gasteiger partial charge in [-0.1, -0.05) is 31.5 Å². The molecule has 1 atom stereocenters. The van der Waals surface area contributed by atoms with Crippen molar-refractivity contribution in [2.75, 3.05) is 35.3 Å². The highest BCUT2D eigenvalue weighted by atomic mass is 35.5. The number of aromatic nitrogens is 5. The molecule has 1 aliphatic heterocycles. The number of nitrogens with zero attached hydrogens (tertiary/aromatic N) is 5. The second-order valence-corrected chi connectivity index (χ2v) is 10.8. The average molecular weight is 496 g/mol. The first-order chi connectivity index (χ1) is 16.4. The molecule has 2 N–H and O–H groups in total. The molecular formula is C24H26ClN7OS. The highest BCUT2D eigenvalue weighted by Crippen LogP contribution is 2.37. The molecular weight excluding hydrogens is 470 g/mol. The van der Waals surface area contributed by atoms with E-state index in [9.17, 15) is 4.21 Å². The topological polar surface area (TPSA) is 99.7 Å². The summed E-state index contributed by atoms with van der Waals surface area (Å²) in [7, 11) is -0.759. The number of hydrogen-bond acceptors (Lipinski definition) is 7. The third kappa shape index (κ3) is 4.50. The molecule has 5 rings (SSSR count). The Morgan fingerprint density at radius 3 is 2.71 bits per heavy atom. The lowest BCUT2D eigenvalue weighted by Gasteiger charge is -2.41. The van der Waals surface area contributed by atoms with Gasteiger partial charge in [0.2, 0.25) is 0 Å². The van der Waals surface area contributed by atoms with Gasteiger partial charge < -0.3 is 10.2 Å². The first-order valence-electron chi connectivity index (χ1n) is 11.2. The normalized spacial score (nSPS) is 15.0. The largest absolute Gasteiger partial charge is 0.370 e. The molecule has 1 fully saturated rings. The molecule has 0 amide bonds. The zero-order valence-electron chi connectivity index (χ0n) is 19.2. The summed E-state index contributed by atoms with van der Waals surface area (Å²) in [5.41, 5.74) is 3.09. The van der Waals surface area contributed by atoms with Crippen molar-refractivity contribution in [3.05, 3.63) is 53.6 Å². The standard InChI is InChI=1S/C24H26ClN7OS/c1-14(2)16-4-5-20(32-11-15(12-32)13-34(3)33)18-9-27-22(8-17(16)18)29-21-6-7-26-24(30-21)19-10-28-31-23(19)25/h4-10,14-15H,11-13H2,1-3H3,(H,28,31)(H,26,27,29,30). The molecule has 4 heterocycles. The summed E-state index contributed by atoms with van der Waals surface area (Å²) in [6.07, 6.45) is 6.98. The average Bonchev–Trinajstić information content (AvgIpc) is 3.21. The van der Waals surface area contributed by atoms with Crippen LogP contribution in [0.4, 0.5) is 17.3 Å². The SMILES string of the molecule is CC(C)c1ccc(N2CC(CS(C)=O)C2)c2cnc(Nc3ccnc(-c4cn[nH]c4Cl)n3)cc12. The minimum Gasteiger partial charge on any atom is -0.370 e. The molecule has 0 spiro atoms. The Kier molecular flexibility index (Phi) is 6.22. The number of H-pyrrole nitrogens is 1. The van der Waals surface area contributed by atoms with Crippen LogP contribution >= 0.6 is 11.6 Å². The molecule has 3 aromatic heterocycles. The van der Waals surface area contributed by atoms with Crippen LogP contribution in [0.3, 0.4) is 0 Å². The van der Waals surface area contributed by atoms with E-state index in [1.54, 1.807) is 24.7 Å². The van der Waals surface area contributed by atoms with Crippen LogP contribution in [0.15, 0.2) is 42.9 Å². The maximum atomic E-state index is 11.6. The molecule has 1 unspecified atom stereocenters. The first-order valence-corrected chi connectivity index (χ1v) is 13.3. The van der Waals surface area contributed by atoms with Gasteiger partial charge in [-0.15, -0.1) is 0 Å². The van der Waals surface area contributed by atoms with E-state index < -0.39 is 10.8 Å². The van der Waals surface area contributed by atoms with Crippen LogP contribution in [-0.4, -0.2) is 54.5 Å². The maximum absolute atomic E-state index is 11.6. The van der Waals surface area contributed by atoms with Crippen molar-refractivity contribution in [1.29, 1.82) is 0 Å². The van der Waals surface area contributed by atoms with Gasteiger partial charge in [-0.2, -0.15) is 5.10 Å². The Hall–Kier alpha value is -3.04. The summed E-state index contributed by atoms with van der Waals surface area (Å²) in [5, 5.41) is 12.6. The molecule has 0 bridgehead atoms. The smallest absolute Gasteiger partial charge is 0.166 e. The Labute approximate surface area is 205 Å². The fraction of sp³-hybridized carbons (Fsp3) is 0.333. The summed E-state index contributed by atoms with van der Waals surface area (Å²) >= 11 is 6.14. The fourth-order valence-corrected chi connectivity index (χ4v) is 5.47. The Balaban J connectivity index is 1.45. The first kappa shape index (κ1) is 22.7. The van der Waals surface area contributed by atoms with Crippen molar-refractivity contribution in [2.24, 2.45) is 5.92 Å². The van der Waals surface area contributed by atoms with Gasteiger partial charge in [0, 0.05) is 65.3 Å². The number of nitrogens with one attached hydrogen (secondary N) is 2. The van der Waals surface area contributed by atoms with Crippen molar-refractivity contribution < 1.29 is 4.21 Å². The fourth-order valence-electron chi connectivity index (χ4n) is 4.41. The number of fused-ring (bicyclic) bond motifs is 1. The second-order valence-electron chi connectivity index (χ2n) is 8.94. The van der Waals surface area contributed by atoms with E-state index in [1.807, 2.05) is 6.20 Å². The third-order valence-electron chi connectivity index (χ3n) is 6.05. The number of rotatable bonds is 7. The van der Waals surface area contributed by atoms with E-state index in [0.29, 0.717) is 40.0 Å². The monoisotopic (exact) mass is 495 g/mol. The van der Waals surface area contributed by atoms with Crippen LogP contribution in [-0.2, 0) is 10.8 Å². The van der Waals surface area contributed by atoms with Crippen molar-refractivity contribution >= 4 is 50.5 Å². The number of halogens is 1. The van der Waals surface area contributed by atoms with Crippen LogP contribution in [0.2, 0.25) is 5.15 Å². The van der Waals surface area contributed by atoms with Gasteiger partial charge in [0.1, 0.15) is 16.8 Å². The Morgan fingerprint density at radius 1 is 1.18 bits per heavy atom. The van der Waals surface area contributed by atoms with Gasteiger partial charge >= 0.3 is 0 Å². The molecule has 1 aromatic carbocycles. The van der Waals surface area contributed by atoms with Crippen molar-refractivity contribution in [3.8, 4) is 11.4 Å². The van der Waals surface area contributed by atoms with Crippen LogP contribution < -0.4 is 10.2 Å². The summed E-state index contributed by atoms with van der Waals surface area (Å²) in [6.45, 7) is 6.25. The van der Waals surface area contributed by atoms with Gasteiger partial charge in [0.05, 0.1) is 11.8 Å². The molecule has 0 saturated carbocycles. The van der Waals surface area contributed by atoms with Crippen molar-refractivity contribution in [1.82, 2.24) is 25.1 Å². The molecule has 10 heteroatoms. The Morgan fingerprint density at radius 2 is 2.00 bits per heavy atom. The quantitative estimate of drug-likeness (QED) is 0.381. The summed E-state index contributed by atoms with van der Waals surface area (Å²) in [4.78, 5) is 15.9. The minimum absolute atomic E-state index is 0.368. The molecule has 1 saturated heterocycles. The number of hydrogen-bond donors (Lipinski definition) is 2.